The van der Waals surface area contributed by atoms with Gasteiger partial charge in [-0.05, 0) is 29.8 Å². The monoisotopic (exact) mass is 331 g/mol. The summed E-state index contributed by atoms with van der Waals surface area (Å²) < 4.78 is 1.15. The topological polar surface area (TPSA) is 29.1 Å². The van der Waals surface area contributed by atoms with Crippen LogP contribution in [0.25, 0.3) is 0 Å². The maximum atomic E-state index is 11.8. The van der Waals surface area contributed by atoms with Crippen molar-refractivity contribution in [2.24, 2.45) is 0 Å². The molecule has 0 radical (unpaired) electrons. The Morgan fingerprint density at radius 1 is 1.31 bits per heavy atom. The minimum Gasteiger partial charge on any atom is -0.356 e. The van der Waals surface area contributed by atoms with Gasteiger partial charge in [0, 0.05) is 6.54 Å². The number of amides is 1. The molecule has 0 aliphatic carbocycles. The molecule has 1 unspecified atom stereocenters. The number of hydrogen-bond acceptors (Lipinski definition) is 1. The molecule has 0 fully saturated rings. The van der Waals surface area contributed by atoms with Gasteiger partial charge in [-0.15, -0.1) is 0 Å². The zero-order valence-corrected chi connectivity index (χ0v) is 11.7. The van der Waals surface area contributed by atoms with Crippen LogP contribution in [0.15, 0.2) is 30.3 Å². The number of rotatable bonds is 6. The van der Waals surface area contributed by atoms with Crippen molar-refractivity contribution < 1.29 is 4.79 Å². The Labute approximate surface area is 111 Å². The van der Waals surface area contributed by atoms with Gasteiger partial charge in [0.1, 0.15) is 0 Å². The van der Waals surface area contributed by atoms with E-state index >= 15 is 0 Å². The van der Waals surface area contributed by atoms with Crippen LogP contribution in [0, 0.1) is 0 Å². The van der Waals surface area contributed by atoms with Crippen LogP contribution < -0.4 is 5.32 Å². The number of nitrogens with one attached hydrogen (secondary N) is 1. The lowest BCUT2D eigenvalue weighted by atomic mass is 10.0. The molecule has 0 bridgehead atoms. The van der Waals surface area contributed by atoms with Gasteiger partial charge in [0.25, 0.3) is 0 Å². The van der Waals surface area contributed by atoms with E-state index in [9.17, 15) is 4.79 Å². The Bertz CT molecular complexity index is 313. The molecule has 1 atom stereocenters. The molecule has 1 amide bonds. The molecule has 0 saturated heterocycles. The van der Waals surface area contributed by atoms with E-state index in [1.807, 2.05) is 37.3 Å². The first-order valence-electron chi connectivity index (χ1n) is 5.64. The van der Waals surface area contributed by atoms with E-state index < -0.39 is 0 Å². The number of carbonyl (C=O) groups is 1. The summed E-state index contributed by atoms with van der Waals surface area (Å²) in [5, 5.41) is 2.97. The van der Waals surface area contributed by atoms with Gasteiger partial charge in [-0.25, -0.2) is 0 Å². The summed E-state index contributed by atoms with van der Waals surface area (Å²) in [6, 6.07) is 9.89. The van der Waals surface area contributed by atoms with E-state index in [0.29, 0.717) is 0 Å². The van der Waals surface area contributed by atoms with Crippen LogP contribution >= 0.6 is 22.6 Å². The SMILES string of the molecule is CC(C(=O)NCCCCI)c1ccccc1. The average Bonchev–Trinajstić information content (AvgIpc) is 2.34. The zero-order chi connectivity index (χ0) is 11.8. The lowest BCUT2D eigenvalue weighted by molar-refractivity contribution is -0.122. The van der Waals surface area contributed by atoms with E-state index in [1.165, 1.54) is 6.42 Å². The summed E-state index contributed by atoms with van der Waals surface area (Å²) in [5.41, 5.74) is 1.08. The normalized spacial score (nSPS) is 12.1. The lowest BCUT2D eigenvalue weighted by Gasteiger charge is -2.12. The minimum absolute atomic E-state index is 0.0548. The fourth-order valence-electron chi connectivity index (χ4n) is 1.48. The van der Waals surface area contributed by atoms with Crippen LogP contribution in [-0.2, 0) is 4.79 Å². The molecule has 0 heterocycles. The van der Waals surface area contributed by atoms with Gasteiger partial charge in [0.15, 0.2) is 0 Å². The molecule has 1 N–H and O–H groups in total. The molecule has 0 aliphatic heterocycles. The van der Waals surface area contributed by atoms with Crippen molar-refractivity contribution in [2.45, 2.75) is 25.7 Å². The van der Waals surface area contributed by atoms with Crippen LogP contribution in [0.1, 0.15) is 31.2 Å². The predicted octanol–water partition coefficient (Wildman–Crippen LogP) is 3.12. The minimum atomic E-state index is -0.0548. The third-order valence-electron chi connectivity index (χ3n) is 2.55. The van der Waals surface area contributed by atoms with Gasteiger partial charge >= 0.3 is 0 Å². The maximum absolute atomic E-state index is 11.8. The summed E-state index contributed by atoms with van der Waals surface area (Å²) in [5.74, 6) is 0.0699. The highest BCUT2D eigenvalue weighted by molar-refractivity contribution is 14.1. The van der Waals surface area contributed by atoms with Gasteiger partial charge in [-0.2, -0.15) is 0 Å². The van der Waals surface area contributed by atoms with Crippen LogP contribution in [0.2, 0.25) is 0 Å². The first-order valence-corrected chi connectivity index (χ1v) is 7.17. The van der Waals surface area contributed by atoms with Gasteiger partial charge in [0.05, 0.1) is 5.92 Å². The molecule has 0 spiro atoms. The number of halogens is 1. The van der Waals surface area contributed by atoms with Crippen LogP contribution in [-0.4, -0.2) is 16.9 Å². The van der Waals surface area contributed by atoms with Crippen molar-refractivity contribution in [3.63, 3.8) is 0 Å². The summed E-state index contributed by atoms with van der Waals surface area (Å²) in [6.45, 7) is 2.74. The molecule has 0 aliphatic rings. The van der Waals surface area contributed by atoms with Crippen molar-refractivity contribution >= 4 is 28.5 Å². The maximum Gasteiger partial charge on any atom is 0.227 e. The first-order chi connectivity index (χ1) is 7.75. The van der Waals surface area contributed by atoms with Gasteiger partial charge in [-0.3, -0.25) is 4.79 Å². The molecule has 1 aromatic carbocycles. The molecular formula is C13H18INO. The van der Waals surface area contributed by atoms with E-state index in [0.717, 1.165) is 23.0 Å². The Morgan fingerprint density at radius 2 is 2.00 bits per heavy atom. The van der Waals surface area contributed by atoms with Gasteiger partial charge in [0.2, 0.25) is 5.91 Å². The second kappa shape index (κ2) is 7.65. The van der Waals surface area contributed by atoms with Crippen molar-refractivity contribution in [2.75, 3.05) is 11.0 Å². The molecule has 3 heteroatoms. The molecular weight excluding hydrogens is 313 g/mol. The third kappa shape index (κ3) is 4.51. The molecule has 88 valence electrons. The van der Waals surface area contributed by atoms with Gasteiger partial charge < -0.3 is 5.32 Å². The number of hydrogen-bond donors (Lipinski definition) is 1. The van der Waals surface area contributed by atoms with Crippen LogP contribution in [0.5, 0.6) is 0 Å². The number of carbonyl (C=O) groups excluding carboxylic acids is 1. The first kappa shape index (κ1) is 13.5. The smallest absolute Gasteiger partial charge is 0.227 e. The van der Waals surface area contributed by atoms with E-state index in [2.05, 4.69) is 27.9 Å². The fourth-order valence-corrected chi connectivity index (χ4v) is 2.02. The number of benzene rings is 1. The molecule has 1 rings (SSSR count). The molecule has 16 heavy (non-hydrogen) atoms. The summed E-state index contributed by atoms with van der Waals surface area (Å²) in [6.07, 6.45) is 2.23. The predicted molar refractivity (Wildman–Crippen MR) is 76.0 cm³/mol. The standard InChI is InChI=1S/C13H18INO/c1-11(12-7-3-2-4-8-12)13(16)15-10-6-5-9-14/h2-4,7-8,11H,5-6,9-10H2,1H3,(H,15,16). The molecule has 0 aromatic heterocycles. The van der Waals surface area contributed by atoms with Crippen molar-refractivity contribution in [3.8, 4) is 0 Å². The second-order valence-corrected chi connectivity index (χ2v) is 4.90. The summed E-state index contributed by atoms with van der Waals surface area (Å²) >= 11 is 2.35. The Morgan fingerprint density at radius 3 is 2.62 bits per heavy atom. The van der Waals surface area contributed by atoms with E-state index in [-0.39, 0.29) is 11.8 Å². The third-order valence-corrected chi connectivity index (χ3v) is 3.32. The zero-order valence-electron chi connectivity index (χ0n) is 9.58. The second-order valence-electron chi connectivity index (χ2n) is 3.82. The van der Waals surface area contributed by atoms with E-state index in [4.69, 9.17) is 0 Å². The number of unbranched alkanes of at least 4 members (excludes halogenated alkanes) is 1. The fraction of sp³-hybridized carbons (Fsp3) is 0.462. The summed E-state index contributed by atoms with van der Waals surface area (Å²) in [7, 11) is 0. The lowest BCUT2D eigenvalue weighted by Crippen LogP contribution is -2.28. The van der Waals surface area contributed by atoms with Crippen molar-refractivity contribution in [1.82, 2.24) is 5.32 Å². The highest BCUT2D eigenvalue weighted by Crippen LogP contribution is 2.14. The highest BCUT2D eigenvalue weighted by atomic mass is 127. The highest BCUT2D eigenvalue weighted by Gasteiger charge is 2.13. The molecule has 0 saturated carbocycles. The van der Waals surface area contributed by atoms with Gasteiger partial charge in [-0.1, -0.05) is 52.9 Å². The Kier molecular flexibility index (Phi) is 6.45. The van der Waals surface area contributed by atoms with Crippen LogP contribution in [0.3, 0.4) is 0 Å². The number of alkyl halides is 1. The van der Waals surface area contributed by atoms with Crippen molar-refractivity contribution in [3.05, 3.63) is 35.9 Å². The molecule has 1 aromatic rings. The average molecular weight is 331 g/mol. The largest absolute Gasteiger partial charge is 0.356 e. The Hall–Kier alpha value is -0.580. The summed E-state index contributed by atoms with van der Waals surface area (Å²) in [4.78, 5) is 11.8. The van der Waals surface area contributed by atoms with E-state index in [1.54, 1.807) is 0 Å². The Balaban J connectivity index is 2.37. The quantitative estimate of drug-likeness (QED) is 0.484. The van der Waals surface area contributed by atoms with Crippen molar-refractivity contribution in [1.29, 1.82) is 0 Å². The van der Waals surface area contributed by atoms with Crippen LogP contribution in [0.4, 0.5) is 0 Å². The molecule has 2 nitrogen and oxygen atoms in total.